The summed E-state index contributed by atoms with van der Waals surface area (Å²) in [5.74, 6) is -0.276. The number of nitrogens with zero attached hydrogens (tertiary/aromatic N) is 3. The van der Waals surface area contributed by atoms with Gasteiger partial charge in [-0.05, 0) is 43.8 Å². The lowest BCUT2D eigenvalue weighted by Crippen LogP contribution is -2.31. The molecule has 6 nitrogen and oxygen atoms in total. The molecule has 0 bridgehead atoms. The molecule has 1 aromatic heterocycles. The van der Waals surface area contributed by atoms with E-state index in [1.54, 1.807) is 16.8 Å². The lowest BCUT2D eigenvalue weighted by molar-refractivity contribution is 0.0648. The van der Waals surface area contributed by atoms with Crippen LogP contribution in [0.1, 0.15) is 11.1 Å². The monoisotopic (exact) mass is 399 g/mol. The molecule has 3 aromatic rings. The smallest absolute Gasteiger partial charge is 0.165 e. The van der Waals surface area contributed by atoms with E-state index in [2.05, 4.69) is 0 Å². The van der Waals surface area contributed by atoms with E-state index < -0.39 is 11.9 Å². The van der Waals surface area contributed by atoms with E-state index in [0.717, 1.165) is 16.8 Å². The van der Waals surface area contributed by atoms with Crippen LogP contribution in [-0.2, 0) is 6.54 Å². The number of likely N-dealkylation sites (N-methyl/N-ethyl adjacent to an activating group) is 1. The van der Waals surface area contributed by atoms with Crippen LogP contribution in [0.3, 0.4) is 0 Å². The van der Waals surface area contributed by atoms with E-state index in [-0.39, 0.29) is 12.4 Å². The van der Waals surface area contributed by atoms with Crippen molar-refractivity contribution in [3.8, 4) is 22.7 Å². The molecule has 0 radical (unpaired) electrons. The predicted octanol–water partition coefficient (Wildman–Crippen LogP) is 2.78. The number of aryl methyl sites for hydroxylation is 1. The number of halogens is 1. The molecule has 7 heteroatoms. The standard InChI is InChI=1S/C22H26FN3O3/c1-15-6-4-5-7-20(15)26-12-17(11-25(2)13-18(28)14-27)22(24-26)16-8-9-21(29-3)19(23)10-16/h4-10,12,18,27-28H,11,13-14H2,1-3H3. The van der Waals surface area contributed by atoms with Gasteiger partial charge in [0.15, 0.2) is 11.6 Å². The van der Waals surface area contributed by atoms with Gasteiger partial charge in [0.1, 0.15) is 0 Å². The summed E-state index contributed by atoms with van der Waals surface area (Å²) < 4.78 is 21.1. The highest BCUT2D eigenvalue weighted by atomic mass is 19.1. The Kier molecular flexibility index (Phi) is 6.64. The first-order valence-corrected chi connectivity index (χ1v) is 9.38. The molecule has 0 spiro atoms. The van der Waals surface area contributed by atoms with Gasteiger partial charge >= 0.3 is 0 Å². The Hall–Kier alpha value is -2.74. The summed E-state index contributed by atoms with van der Waals surface area (Å²) in [6.45, 7) is 2.49. The number of rotatable bonds is 8. The zero-order valence-corrected chi connectivity index (χ0v) is 16.8. The molecule has 29 heavy (non-hydrogen) atoms. The van der Waals surface area contributed by atoms with Gasteiger partial charge in [-0.3, -0.25) is 4.90 Å². The highest BCUT2D eigenvalue weighted by molar-refractivity contribution is 5.64. The van der Waals surface area contributed by atoms with Crippen molar-refractivity contribution in [3.05, 3.63) is 65.6 Å². The van der Waals surface area contributed by atoms with Gasteiger partial charge < -0.3 is 14.9 Å². The number of aliphatic hydroxyl groups is 2. The molecule has 0 amide bonds. The average molecular weight is 399 g/mol. The van der Waals surface area contributed by atoms with Gasteiger partial charge in [-0.2, -0.15) is 5.10 Å². The van der Waals surface area contributed by atoms with E-state index in [0.29, 0.717) is 24.3 Å². The lowest BCUT2D eigenvalue weighted by atomic mass is 10.1. The fourth-order valence-electron chi connectivity index (χ4n) is 3.30. The van der Waals surface area contributed by atoms with E-state index in [4.69, 9.17) is 14.9 Å². The predicted molar refractivity (Wildman–Crippen MR) is 110 cm³/mol. The summed E-state index contributed by atoms with van der Waals surface area (Å²) in [6.07, 6.45) is 1.09. The minimum atomic E-state index is -0.826. The molecule has 0 aliphatic rings. The minimum Gasteiger partial charge on any atom is -0.494 e. The summed E-state index contributed by atoms with van der Waals surface area (Å²) in [5, 5.41) is 23.6. The molecule has 0 aliphatic heterocycles. The molecule has 2 N–H and O–H groups in total. The molecule has 0 aliphatic carbocycles. The lowest BCUT2D eigenvalue weighted by Gasteiger charge is -2.19. The maximum atomic E-state index is 14.3. The Balaban J connectivity index is 2.03. The molecule has 154 valence electrons. The molecule has 2 aromatic carbocycles. The van der Waals surface area contributed by atoms with Gasteiger partial charge in [0, 0.05) is 30.4 Å². The number of hydrogen-bond acceptors (Lipinski definition) is 5. The van der Waals surface area contributed by atoms with Crippen LogP contribution in [0.5, 0.6) is 5.75 Å². The molecule has 1 atom stereocenters. The van der Waals surface area contributed by atoms with Gasteiger partial charge in [0.05, 0.1) is 31.2 Å². The van der Waals surface area contributed by atoms with Crippen LogP contribution >= 0.6 is 0 Å². The fraction of sp³-hybridized carbons (Fsp3) is 0.318. The first-order valence-electron chi connectivity index (χ1n) is 9.38. The third kappa shape index (κ3) is 4.82. The summed E-state index contributed by atoms with van der Waals surface area (Å²) >= 11 is 0. The van der Waals surface area contributed by atoms with Crippen LogP contribution in [0.4, 0.5) is 4.39 Å². The first-order chi connectivity index (χ1) is 13.9. The second kappa shape index (κ2) is 9.17. The van der Waals surface area contributed by atoms with Crippen molar-refractivity contribution in [3.63, 3.8) is 0 Å². The number of methoxy groups -OCH3 is 1. The van der Waals surface area contributed by atoms with Crippen LogP contribution in [0.25, 0.3) is 16.9 Å². The number of hydrogen-bond donors (Lipinski definition) is 2. The van der Waals surface area contributed by atoms with Gasteiger partial charge in [0.25, 0.3) is 0 Å². The van der Waals surface area contributed by atoms with Crippen LogP contribution in [0, 0.1) is 12.7 Å². The van der Waals surface area contributed by atoms with Crippen molar-refractivity contribution in [1.82, 2.24) is 14.7 Å². The Morgan fingerprint density at radius 2 is 2.00 bits per heavy atom. The van der Waals surface area contributed by atoms with E-state index in [1.165, 1.54) is 13.2 Å². The second-order valence-electron chi connectivity index (χ2n) is 7.12. The first kappa shape index (κ1) is 21.0. The van der Waals surface area contributed by atoms with Crippen molar-refractivity contribution >= 4 is 0 Å². The Bertz CT molecular complexity index is 974. The molecule has 0 saturated carbocycles. The zero-order chi connectivity index (χ0) is 21.0. The third-order valence-corrected chi connectivity index (χ3v) is 4.75. The quantitative estimate of drug-likeness (QED) is 0.610. The van der Waals surface area contributed by atoms with Crippen molar-refractivity contribution in [2.75, 3.05) is 27.3 Å². The Morgan fingerprint density at radius 1 is 1.24 bits per heavy atom. The highest BCUT2D eigenvalue weighted by Gasteiger charge is 2.17. The van der Waals surface area contributed by atoms with Crippen molar-refractivity contribution in [1.29, 1.82) is 0 Å². The molecule has 0 fully saturated rings. The largest absolute Gasteiger partial charge is 0.494 e. The van der Waals surface area contributed by atoms with Gasteiger partial charge in [-0.25, -0.2) is 9.07 Å². The summed E-state index contributed by atoms with van der Waals surface area (Å²) in [7, 11) is 3.28. The minimum absolute atomic E-state index is 0.178. The Morgan fingerprint density at radius 3 is 2.66 bits per heavy atom. The maximum Gasteiger partial charge on any atom is 0.165 e. The number of benzene rings is 2. The highest BCUT2D eigenvalue weighted by Crippen LogP contribution is 2.29. The second-order valence-corrected chi connectivity index (χ2v) is 7.12. The fourth-order valence-corrected chi connectivity index (χ4v) is 3.30. The molecular weight excluding hydrogens is 373 g/mol. The van der Waals surface area contributed by atoms with Crippen molar-refractivity contribution < 1.29 is 19.3 Å². The number of aliphatic hydroxyl groups excluding tert-OH is 2. The molecule has 0 saturated heterocycles. The zero-order valence-electron chi connectivity index (χ0n) is 16.8. The number of para-hydroxylation sites is 1. The van der Waals surface area contributed by atoms with Crippen LogP contribution in [-0.4, -0.2) is 58.3 Å². The summed E-state index contributed by atoms with van der Waals surface area (Å²) in [4.78, 5) is 1.89. The van der Waals surface area contributed by atoms with Gasteiger partial charge in [-0.15, -0.1) is 0 Å². The van der Waals surface area contributed by atoms with Crippen molar-refractivity contribution in [2.45, 2.75) is 19.6 Å². The summed E-state index contributed by atoms with van der Waals surface area (Å²) in [5.41, 5.74) is 4.18. The molecule has 1 heterocycles. The summed E-state index contributed by atoms with van der Waals surface area (Å²) in [6, 6.07) is 12.7. The van der Waals surface area contributed by atoms with E-state index in [9.17, 15) is 9.50 Å². The maximum absolute atomic E-state index is 14.3. The van der Waals surface area contributed by atoms with E-state index >= 15 is 0 Å². The topological polar surface area (TPSA) is 70.8 Å². The van der Waals surface area contributed by atoms with Crippen molar-refractivity contribution in [2.24, 2.45) is 0 Å². The molecule has 1 unspecified atom stereocenters. The van der Waals surface area contributed by atoms with Crippen LogP contribution < -0.4 is 4.74 Å². The molecular formula is C22H26FN3O3. The SMILES string of the molecule is COc1ccc(-c2nn(-c3ccccc3C)cc2CN(C)CC(O)CO)cc1F. The van der Waals surface area contributed by atoms with Gasteiger partial charge in [-0.1, -0.05) is 18.2 Å². The van der Waals surface area contributed by atoms with Crippen LogP contribution in [0.2, 0.25) is 0 Å². The normalized spacial score (nSPS) is 12.4. The van der Waals surface area contributed by atoms with E-state index in [1.807, 2.05) is 49.3 Å². The number of ether oxygens (including phenoxy) is 1. The average Bonchev–Trinajstić information content (AvgIpc) is 3.11. The third-order valence-electron chi connectivity index (χ3n) is 4.75. The molecule has 3 rings (SSSR count). The van der Waals surface area contributed by atoms with Crippen LogP contribution in [0.15, 0.2) is 48.7 Å². The van der Waals surface area contributed by atoms with Gasteiger partial charge in [0.2, 0.25) is 0 Å². The Labute approximate surface area is 169 Å². The number of aromatic nitrogens is 2.